The molecule has 1 atom stereocenters. The molecule has 0 aliphatic carbocycles. The monoisotopic (exact) mass is 453 g/mol. The van der Waals surface area contributed by atoms with E-state index in [4.69, 9.17) is 4.74 Å². The number of hydrogen-bond acceptors (Lipinski definition) is 5. The van der Waals surface area contributed by atoms with Crippen LogP contribution < -0.4 is 10.6 Å². The number of aryl methyl sites for hydroxylation is 1. The quantitative estimate of drug-likeness (QED) is 0.637. The highest BCUT2D eigenvalue weighted by Crippen LogP contribution is 2.32. The van der Waals surface area contributed by atoms with E-state index in [1.807, 2.05) is 29.7 Å². The van der Waals surface area contributed by atoms with Crippen LogP contribution in [-0.4, -0.2) is 52.5 Å². The fourth-order valence-corrected chi connectivity index (χ4v) is 4.25. The summed E-state index contributed by atoms with van der Waals surface area (Å²) in [6, 6.07) is 6.19. The smallest absolute Gasteiger partial charge is 0.252 e. The molecule has 0 unspecified atom stereocenters. The zero-order valence-electron chi connectivity index (χ0n) is 18.7. The number of aliphatic imine (C=N–C) groups is 1. The van der Waals surface area contributed by atoms with E-state index in [1.54, 1.807) is 13.8 Å². The minimum Gasteiger partial charge on any atom is -0.375 e. The van der Waals surface area contributed by atoms with E-state index in [0.717, 1.165) is 12.1 Å². The molecule has 9 heteroatoms. The normalized spacial score (nSPS) is 20.2. The van der Waals surface area contributed by atoms with Gasteiger partial charge in [-0.3, -0.25) is 9.79 Å². The summed E-state index contributed by atoms with van der Waals surface area (Å²) in [5.74, 6) is -1.70. The van der Waals surface area contributed by atoms with Gasteiger partial charge in [-0.25, -0.2) is 13.8 Å². The predicted molar refractivity (Wildman–Crippen MR) is 120 cm³/mol. The summed E-state index contributed by atoms with van der Waals surface area (Å²) in [6.07, 6.45) is 2.18. The number of rotatable bonds is 4. The number of halogens is 2. The van der Waals surface area contributed by atoms with Gasteiger partial charge >= 0.3 is 0 Å². The molecule has 2 N–H and O–H groups in total. The molecule has 3 aromatic rings. The van der Waals surface area contributed by atoms with Gasteiger partial charge in [0, 0.05) is 31.3 Å². The molecule has 0 radical (unpaired) electrons. The molecule has 2 aliphatic rings. The maximum absolute atomic E-state index is 15.4. The molecule has 1 fully saturated rings. The van der Waals surface area contributed by atoms with Gasteiger partial charge < -0.3 is 19.8 Å². The third kappa shape index (κ3) is 3.91. The first-order valence-corrected chi connectivity index (χ1v) is 10.9. The van der Waals surface area contributed by atoms with Crippen LogP contribution in [0.15, 0.2) is 35.5 Å². The molecule has 2 aliphatic heterocycles. The number of nitrogens with one attached hydrogen (secondary N) is 2. The standard InChI is InChI=1S/C24H25F2N5O2/c1-13-4-6-31-18(11-15-12-27-5-7-33-15)21(28-19(31)8-13)20-16(25)9-14(10-17(20)26)22-29-23(32)24(2,3)30-22/h4,6,8-10,15,27H,5,7,11-12H2,1-3H3,(H,29,30,32)/t15-/m0/s1. The van der Waals surface area contributed by atoms with E-state index < -0.39 is 17.2 Å². The van der Waals surface area contributed by atoms with E-state index >= 15 is 8.78 Å². The number of amidine groups is 1. The first-order chi connectivity index (χ1) is 15.7. The molecular formula is C24H25F2N5O2. The predicted octanol–water partition coefficient (Wildman–Crippen LogP) is 2.77. The Kier molecular flexibility index (Phi) is 5.25. The second-order valence-corrected chi connectivity index (χ2v) is 9.03. The van der Waals surface area contributed by atoms with Crippen molar-refractivity contribution in [1.29, 1.82) is 0 Å². The van der Waals surface area contributed by atoms with Crippen molar-refractivity contribution in [2.24, 2.45) is 4.99 Å². The number of pyridine rings is 1. The number of amides is 1. The molecule has 1 saturated heterocycles. The molecular weight excluding hydrogens is 428 g/mol. The molecule has 1 amide bonds. The van der Waals surface area contributed by atoms with E-state index in [2.05, 4.69) is 20.6 Å². The molecule has 5 rings (SSSR count). The largest absolute Gasteiger partial charge is 0.375 e. The van der Waals surface area contributed by atoms with Gasteiger partial charge in [0.2, 0.25) is 0 Å². The molecule has 0 bridgehead atoms. The van der Waals surface area contributed by atoms with Crippen molar-refractivity contribution in [3.8, 4) is 11.3 Å². The van der Waals surface area contributed by atoms with Crippen molar-refractivity contribution in [2.45, 2.75) is 38.8 Å². The maximum atomic E-state index is 15.4. The second kappa shape index (κ2) is 8.00. The van der Waals surface area contributed by atoms with E-state index in [0.29, 0.717) is 30.9 Å². The molecule has 7 nitrogen and oxygen atoms in total. The van der Waals surface area contributed by atoms with Gasteiger partial charge in [0.15, 0.2) is 0 Å². The van der Waals surface area contributed by atoms with Gasteiger partial charge in [-0.05, 0) is 50.6 Å². The lowest BCUT2D eigenvalue weighted by molar-refractivity contribution is -0.122. The lowest BCUT2D eigenvalue weighted by atomic mass is 10.0. The molecule has 172 valence electrons. The topological polar surface area (TPSA) is 80.0 Å². The fraction of sp³-hybridized carbons (Fsp3) is 0.375. The lowest BCUT2D eigenvalue weighted by Gasteiger charge is -2.24. The summed E-state index contributed by atoms with van der Waals surface area (Å²) in [4.78, 5) is 20.9. The fourth-order valence-electron chi connectivity index (χ4n) is 4.25. The minimum absolute atomic E-state index is 0.130. The van der Waals surface area contributed by atoms with E-state index in [9.17, 15) is 4.79 Å². The summed E-state index contributed by atoms with van der Waals surface area (Å²) in [6.45, 7) is 7.23. The second-order valence-electron chi connectivity index (χ2n) is 9.03. The number of fused-ring (bicyclic) bond motifs is 1. The van der Waals surface area contributed by atoms with Crippen LogP contribution in [-0.2, 0) is 16.0 Å². The van der Waals surface area contributed by atoms with Crippen LogP contribution in [0.5, 0.6) is 0 Å². The Balaban J connectivity index is 1.61. The molecule has 0 saturated carbocycles. The number of nitrogens with zero attached hydrogens (tertiary/aromatic N) is 3. The minimum atomic E-state index is -0.985. The summed E-state index contributed by atoms with van der Waals surface area (Å²) >= 11 is 0. The van der Waals surface area contributed by atoms with Crippen molar-refractivity contribution >= 4 is 17.4 Å². The van der Waals surface area contributed by atoms with Gasteiger partial charge in [-0.1, -0.05) is 0 Å². The number of morpholine rings is 1. The van der Waals surface area contributed by atoms with Crippen LogP contribution in [0.1, 0.15) is 30.7 Å². The van der Waals surface area contributed by atoms with Crippen molar-refractivity contribution in [2.75, 3.05) is 19.7 Å². The van der Waals surface area contributed by atoms with E-state index in [1.165, 1.54) is 12.1 Å². The van der Waals surface area contributed by atoms with Gasteiger partial charge in [0.25, 0.3) is 5.91 Å². The highest BCUT2D eigenvalue weighted by Gasteiger charge is 2.35. The highest BCUT2D eigenvalue weighted by molar-refractivity contribution is 6.15. The van der Waals surface area contributed by atoms with Crippen LogP contribution in [0.3, 0.4) is 0 Å². The average Bonchev–Trinajstić information content (AvgIpc) is 3.24. The number of hydrogen-bond donors (Lipinski definition) is 2. The molecule has 4 heterocycles. The third-order valence-corrected chi connectivity index (χ3v) is 6.04. The van der Waals surface area contributed by atoms with Gasteiger partial charge in [-0.15, -0.1) is 0 Å². The number of ether oxygens (including phenoxy) is 1. The van der Waals surface area contributed by atoms with Crippen LogP contribution in [0.2, 0.25) is 0 Å². The molecule has 1 aromatic carbocycles. The summed E-state index contributed by atoms with van der Waals surface area (Å²) in [5.41, 5.74) is 1.51. The number of carbonyl (C=O) groups is 1. The number of carbonyl (C=O) groups excluding carboxylic acids is 1. The third-order valence-electron chi connectivity index (χ3n) is 6.04. The Labute approximate surface area is 189 Å². The van der Waals surface area contributed by atoms with Crippen molar-refractivity contribution < 1.29 is 18.3 Å². The number of imidazole rings is 1. The van der Waals surface area contributed by atoms with Gasteiger partial charge in [0.1, 0.15) is 28.7 Å². The summed E-state index contributed by atoms with van der Waals surface area (Å²) in [5, 5.41) is 5.89. The Hall–Kier alpha value is -3.17. The summed E-state index contributed by atoms with van der Waals surface area (Å²) in [7, 11) is 0. The molecule has 0 spiro atoms. The first-order valence-electron chi connectivity index (χ1n) is 10.9. The van der Waals surface area contributed by atoms with Crippen LogP contribution in [0.25, 0.3) is 16.9 Å². The van der Waals surface area contributed by atoms with Crippen LogP contribution >= 0.6 is 0 Å². The van der Waals surface area contributed by atoms with Crippen LogP contribution in [0.4, 0.5) is 8.78 Å². The highest BCUT2D eigenvalue weighted by atomic mass is 19.1. The zero-order chi connectivity index (χ0) is 23.3. The zero-order valence-corrected chi connectivity index (χ0v) is 18.7. The Morgan fingerprint density at radius 1 is 1.24 bits per heavy atom. The van der Waals surface area contributed by atoms with Crippen molar-refractivity contribution in [3.05, 3.63) is 58.9 Å². The SMILES string of the molecule is Cc1ccn2c(C[C@H]3CNCCO3)c(-c3c(F)cc(C4=NC(C)(C)C(=O)N4)cc3F)nc2c1. The van der Waals surface area contributed by atoms with E-state index in [-0.39, 0.29) is 34.7 Å². The average molecular weight is 453 g/mol. The lowest BCUT2D eigenvalue weighted by Crippen LogP contribution is -2.39. The number of benzene rings is 1. The maximum Gasteiger partial charge on any atom is 0.252 e. The van der Waals surface area contributed by atoms with Crippen LogP contribution in [0, 0.1) is 18.6 Å². The Morgan fingerprint density at radius 2 is 2.00 bits per heavy atom. The van der Waals surface area contributed by atoms with Gasteiger partial charge in [-0.2, -0.15) is 0 Å². The summed E-state index contributed by atoms with van der Waals surface area (Å²) < 4.78 is 38.5. The van der Waals surface area contributed by atoms with Gasteiger partial charge in [0.05, 0.1) is 29.7 Å². The Bertz CT molecular complexity index is 1270. The Morgan fingerprint density at radius 3 is 2.64 bits per heavy atom. The van der Waals surface area contributed by atoms with Crippen molar-refractivity contribution in [1.82, 2.24) is 20.0 Å². The first kappa shape index (κ1) is 21.7. The molecule has 2 aromatic heterocycles. The number of aromatic nitrogens is 2. The van der Waals surface area contributed by atoms with Crippen molar-refractivity contribution in [3.63, 3.8) is 0 Å². The molecule has 33 heavy (non-hydrogen) atoms.